The molecule has 0 atom stereocenters. The molecule has 21 heavy (non-hydrogen) atoms. The van der Waals surface area contributed by atoms with Crippen LogP contribution >= 0.6 is 0 Å². The second-order valence-corrected chi connectivity index (χ2v) is 4.72. The van der Waals surface area contributed by atoms with E-state index in [-0.39, 0.29) is 12.3 Å². The first-order valence-corrected chi connectivity index (χ1v) is 6.61. The first-order chi connectivity index (χ1) is 10.1. The summed E-state index contributed by atoms with van der Waals surface area (Å²) in [4.78, 5) is 16.6. The molecule has 0 radical (unpaired) electrons. The Morgan fingerprint density at radius 1 is 1.33 bits per heavy atom. The van der Waals surface area contributed by atoms with E-state index in [0.717, 1.165) is 24.3 Å². The average Bonchev–Trinajstić information content (AvgIpc) is 2.52. The Labute approximate surface area is 122 Å². The Balaban J connectivity index is 2.08. The number of aliphatic hydroxyl groups is 1. The lowest BCUT2D eigenvalue weighted by Crippen LogP contribution is -2.20. The van der Waals surface area contributed by atoms with Gasteiger partial charge in [-0.2, -0.15) is 0 Å². The lowest BCUT2D eigenvalue weighted by molar-refractivity contribution is -0.385. The third-order valence-electron chi connectivity index (χ3n) is 3.30. The van der Waals surface area contributed by atoms with Crippen LogP contribution in [0.3, 0.4) is 0 Å². The van der Waals surface area contributed by atoms with Crippen molar-refractivity contribution in [3.8, 4) is 0 Å². The lowest BCUT2D eigenvalue weighted by Gasteiger charge is -2.19. The Bertz CT molecular complexity index is 617. The summed E-state index contributed by atoms with van der Waals surface area (Å²) in [6, 6.07) is 10.5. The summed E-state index contributed by atoms with van der Waals surface area (Å²) >= 11 is 0. The van der Waals surface area contributed by atoms with E-state index in [0.29, 0.717) is 5.56 Å². The zero-order chi connectivity index (χ0) is 15.2. The number of likely N-dealkylation sites (N-methyl/N-ethyl adjacent to an activating group) is 1. The van der Waals surface area contributed by atoms with Crippen LogP contribution in [0, 0.1) is 10.1 Å². The van der Waals surface area contributed by atoms with Gasteiger partial charge < -0.3 is 10.0 Å². The summed E-state index contributed by atoms with van der Waals surface area (Å²) < 4.78 is 0. The van der Waals surface area contributed by atoms with Crippen molar-refractivity contribution in [1.29, 1.82) is 0 Å². The maximum atomic E-state index is 10.8. The second-order valence-electron chi connectivity index (χ2n) is 4.72. The van der Waals surface area contributed by atoms with Crippen LogP contribution in [-0.2, 0) is 13.0 Å². The summed E-state index contributed by atoms with van der Waals surface area (Å²) in [5.41, 5.74) is 2.09. The molecule has 0 aliphatic rings. The van der Waals surface area contributed by atoms with Crippen molar-refractivity contribution in [2.24, 2.45) is 0 Å². The summed E-state index contributed by atoms with van der Waals surface area (Å²) in [5, 5.41) is 20.1. The van der Waals surface area contributed by atoms with E-state index < -0.39 is 4.92 Å². The third-order valence-corrected chi connectivity index (χ3v) is 3.30. The zero-order valence-electron chi connectivity index (χ0n) is 11.8. The molecule has 0 bridgehead atoms. The van der Waals surface area contributed by atoms with Crippen LogP contribution in [0.1, 0.15) is 11.3 Å². The molecule has 1 aromatic heterocycles. The molecule has 0 spiro atoms. The second kappa shape index (κ2) is 6.81. The van der Waals surface area contributed by atoms with Crippen LogP contribution < -0.4 is 4.90 Å². The molecule has 2 rings (SSSR count). The third kappa shape index (κ3) is 3.76. The number of rotatable bonds is 6. The fourth-order valence-electron chi connectivity index (χ4n) is 2.07. The average molecular weight is 287 g/mol. The van der Waals surface area contributed by atoms with Gasteiger partial charge in [-0.05, 0) is 24.3 Å². The largest absolute Gasteiger partial charge is 0.391 e. The molecule has 0 unspecified atom stereocenters. The van der Waals surface area contributed by atoms with Crippen LogP contribution in [0.5, 0.6) is 0 Å². The van der Waals surface area contributed by atoms with E-state index in [1.165, 1.54) is 6.07 Å². The van der Waals surface area contributed by atoms with Gasteiger partial charge in [0.05, 0.1) is 17.1 Å². The number of nitrogens with zero attached hydrogens (tertiary/aromatic N) is 3. The van der Waals surface area contributed by atoms with Crippen LogP contribution in [0.4, 0.5) is 11.4 Å². The highest BCUT2D eigenvalue weighted by atomic mass is 16.6. The SMILES string of the molecule is CN(CCc1ccccn1)c1ccc([N+](=O)[O-])c(CO)c1. The van der Waals surface area contributed by atoms with Crippen molar-refractivity contribution >= 4 is 11.4 Å². The summed E-state index contributed by atoms with van der Waals surface area (Å²) in [7, 11) is 1.91. The number of aliphatic hydroxyl groups excluding tert-OH is 1. The minimum absolute atomic E-state index is 0.0561. The van der Waals surface area contributed by atoms with Gasteiger partial charge in [0.1, 0.15) is 0 Å². The number of anilines is 1. The number of aromatic nitrogens is 1. The Morgan fingerprint density at radius 2 is 2.14 bits per heavy atom. The van der Waals surface area contributed by atoms with Crippen LogP contribution in [0.2, 0.25) is 0 Å². The molecule has 0 fully saturated rings. The van der Waals surface area contributed by atoms with Crippen LogP contribution in [0.15, 0.2) is 42.6 Å². The Morgan fingerprint density at radius 3 is 2.76 bits per heavy atom. The molecule has 0 saturated carbocycles. The first-order valence-electron chi connectivity index (χ1n) is 6.61. The van der Waals surface area contributed by atoms with Crippen molar-refractivity contribution in [2.75, 3.05) is 18.5 Å². The molecule has 1 N–H and O–H groups in total. The van der Waals surface area contributed by atoms with Gasteiger partial charge in [0.25, 0.3) is 5.69 Å². The highest BCUT2D eigenvalue weighted by molar-refractivity contribution is 5.55. The summed E-state index contributed by atoms with van der Waals surface area (Å²) in [6.07, 6.45) is 2.54. The summed E-state index contributed by atoms with van der Waals surface area (Å²) in [5.74, 6) is 0. The van der Waals surface area contributed by atoms with Gasteiger partial charge in [0.15, 0.2) is 0 Å². The molecule has 0 amide bonds. The van der Waals surface area contributed by atoms with Gasteiger partial charge in [-0.25, -0.2) is 0 Å². The van der Waals surface area contributed by atoms with Gasteiger partial charge in [0.2, 0.25) is 0 Å². The molecular formula is C15H17N3O3. The fourth-order valence-corrected chi connectivity index (χ4v) is 2.07. The molecule has 2 aromatic rings. The van der Waals surface area contributed by atoms with Crippen LogP contribution in [-0.4, -0.2) is 28.6 Å². The number of nitro groups is 1. The van der Waals surface area contributed by atoms with Crippen LogP contribution in [0.25, 0.3) is 0 Å². The number of hydrogen-bond acceptors (Lipinski definition) is 5. The number of nitro benzene ring substituents is 1. The molecule has 1 heterocycles. The van der Waals surface area contributed by atoms with Crippen molar-refractivity contribution in [2.45, 2.75) is 13.0 Å². The van der Waals surface area contributed by atoms with Gasteiger partial charge in [-0.3, -0.25) is 15.1 Å². The zero-order valence-corrected chi connectivity index (χ0v) is 11.8. The van der Waals surface area contributed by atoms with Crippen molar-refractivity contribution in [1.82, 2.24) is 4.98 Å². The maximum Gasteiger partial charge on any atom is 0.275 e. The normalized spacial score (nSPS) is 10.4. The first kappa shape index (κ1) is 14.9. The standard InChI is InChI=1S/C15H17N3O3/c1-17(9-7-13-4-2-3-8-16-13)14-5-6-15(18(20)21)12(10-14)11-19/h2-6,8,10,19H,7,9,11H2,1H3. The number of benzene rings is 1. The van der Waals surface area contributed by atoms with Crippen molar-refractivity contribution in [3.63, 3.8) is 0 Å². The van der Waals surface area contributed by atoms with Gasteiger partial charge in [-0.15, -0.1) is 0 Å². The van der Waals surface area contributed by atoms with Gasteiger partial charge >= 0.3 is 0 Å². The molecule has 0 aliphatic heterocycles. The fraction of sp³-hybridized carbons (Fsp3) is 0.267. The molecular weight excluding hydrogens is 270 g/mol. The molecule has 6 heteroatoms. The lowest BCUT2D eigenvalue weighted by atomic mass is 10.1. The van der Waals surface area contributed by atoms with Crippen molar-refractivity contribution in [3.05, 3.63) is 64.0 Å². The minimum Gasteiger partial charge on any atom is -0.391 e. The van der Waals surface area contributed by atoms with Gasteiger partial charge in [-0.1, -0.05) is 6.07 Å². The molecule has 6 nitrogen and oxygen atoms in total. The van der Waals surface area contributed by atoms with Gasteiger partial charge in [0, 0.05) is 43.7 Å². The number of hydrogen-bond donors (Lipinski definition) is 1. The molecule has 0 saturated heterocycles. The predicted octanol–water partition coefficient (Wildman–Crippen LogP) is 2.16. The van der Waals surface area contributed by atoms with E-state index in [9.17, 15) is 15.2 Å². The Kier molecular flexibility index (Phi) is 4.84. The van der Waals surface area contributed by atoms with E-state index in [2.05, 4.69) is 4.98 Å². The quantitative estimate of drug-likeness (QED) is 0.650. The van der Waals surface area contributed by atoms with E-state index in [1.54, 1.807) is 18.3 Å². The van der Waals surface area contributed by atoms with E-state index in [4.69, 9.17) is 0 Å². The monoisotopic (exact) mass is 287 g/mol. The maximum absolute atomic E-state index is 10.8. The molecule has 1 aromatic carbocycles. The Hall–Kier alpha value is -2.47. The van der Waals surface area contributed by atoms with E-state index in [1.807, 2.05) is 30.1 Å². The molecule has 0 aliphatic carbocycles. The highest BCUT2D eigenvalue weighted by Gasteiger charge is 2.14. The minimum atomic E-state index is -0.483. The molecule has 110 valence electrons. The smallest absolute Gasteiger partial charge is 0.275 e. The summed E-state index contributed by atoms with van der Waals surface area (Å²) in [6.45, 7) is 0.387. The number of pyridine rings is 1. The highest BCUT2D eigenvalue weighted by Crippen LogP contribution is 2.24. The topological polar surface area (TPSA) is 79.5 Å². The van der Waals surface area contributed by atoms with Crippen molar-refractivity contribution < 1.29 is 10.0 Å². The van der Waals surface area contributed by atoms with E-state index >= 15 is 0 Å². The predicted molar refractivity (Wildman–Crippen MR) is 80.2 cm³/mol.